The van der Waals surface area contributed by atoms with Crippen molar-refractivity contribution in [3.05, 3.63) is 142 Å². The highest BCUT2D eigenvalue weighted by atomic mass is 19.2. The van der Waals surface area contributed by atoms with Gasteiger partial charge in [-0.3, -0.25) is 0 Å². The van der Waals surface area contributed by atoms with E-state index in [2.05, 4.69) is 0 Å². The van der Waals surface area contributed by atoms with Crippen molar-refractivity contribution in [2.24, 2.45) is 0 Å². The van der Waals surface area contributed by atoms with Gasteiger partial charge in [0, 0.05) is 5.56 Å². The lowest BCUT2D eigenvalue weighted by Crippen LogP contribution is -2.63. The van der Waals surface area contributed by atoms with Crippen LogP contribution in [0.2, 0.25) is 0 Å². The Morgan fingerprint density at radius 2 is 0.923 bits per heavy atom. The van der Waals surface area contributed by atoms with E-state index in [-0.39, 0.29) is 13.1 Å². The first kappa shape index (κ1) is 28.4. The van der Waals surface area contributed by atoms with Gasteiger partial charge >= 0.3 is 0 Å². The van der Waals surface area contributed by atoms with E-state index in [1.54, 1.807) is 37.4 Å². The molecular weight excluding hydrogens is 512 g/mol. The molecule has 4 aromatic rings. The van der Waals surface area contributed by atoms with Gasteiger partial charge in [-0.15, -0.1) is 0 Å². The summed E-state index contributed by atoms with van der Waals surface area (Å²) in [5, 5.41) is 0. The van der Waals surface area contributed by atoms with E-state index in [0.717, 1.165) is 61.0 Å². The average Bonchev–Trinajstić information content (AvgIpc) is 2.88. The molecular formula is C32H30F6N+. The molecule has 0 radical (unpaired) electrons. The SMILES string of the molecule is CCCCC[N+](C)(Cc1ccccc1)C(c1c(F)cccc1F)(c1c(F)cccc1F)c1c(F)cccc1F. The number of benzene rings is 4. The molecule has 0 fully saturated rings. The second-order valence-corrected chi connectivity index (χ2v) is 9.97. The molecule has 0 amide bonds. The highest BCUT2D eigenvalue weighted by molar-refractivity contribution is 5.50. The van der Waals surface area contributed by atoms with Crippen LogP contribution in [0, 0.1) is 34.9 Å². The molecule has 0 spiro atoms. The largest absolute Gasteiger partial charge is 0.305 e. The molecule has 0 aliphatic heterocycles. The zero-order valence-electron chi connectivity index (χ0n) is 21.8. The van der Waals surface area contributed by atoms with Crippen LogP contribution in [-0.2, 0) is 12.1 Å². The Morgan fingerprint density at radius 1 is 0.538 bits per heavy atom. The Morgan fingerprint density at radius 3 is 1.28 bits per heavy atom. The minimum Gasteiger partial charge on any atom is -0.305 e. The van der Waals surface area contributed by atoms with Gasteiger partial charge in [0.2, 0.25) is 0 Å². The third-order valence-electron chi connectivity index (χ3n) is 7.41. The first-order valence-electron chi connectivity index (χ1n) is 12.9. The van der Waals surface area contributed by atoms with Gasteiger partial charge in [-0.1, -0.05) is 61.9 Å². The van der Waals surface area contributed by atoms with Crippen molar-refractivity contribution in [3.8, 4) is 0 Å². The second kappa shape index (κ2) is 11.7. The molecule has 0 heterocycles. The molecule has 4 rings (SSSR count). The summed E-state index contributed by atoms with van der Waals surface area (Å²) in [5.41, 5.74) is -4.45. The summed E-state index contributed by atoms with van der Waals surface area (Å²) in [6.07, 6.45) is 1.91. The molecule has 0 aromatic heterocycles. The predicted molar refractivity (Wildman–Crippen MR) is 140 cm³/mol. The minimum atomic E-state index is -2.64. The second-order valence-electron chi connectivity index (χ2n) is 9.97. The topological polar surface area (TPSA) is 0 Å². The third kappa shape index (κ3) is 5.08. The Kier molecular flexibility index (Phi) is 8.50. The van der Waals surface area contributed by atoms with Gasteiger partial charge in [0.15, 0.2) is 5.54 Å². The Hall–Kier alpha value is -3.58. The van der Waals surface area contributed by atoms with Crippen molar-refractivity contribution in [1.82, 2.24) is 0 Å². The van der Waals surface area contributed by atoms with Crippen LogP contribution in [0.5, 0.6) is 0 Å². The van der Waals surface area contributed by atoms with Crippen molar-refractivity contribution in [2.45, 2.75) is 38.3 Å². The van der Waals surface area contributed by atoms with E-state index < -0.39 is 61.6 Å². The first-order chi connectivity index (χ1) is 18.7. The summed E-state index contributed by atoms with van der Waals surface area (Å²) < 4.78 is 95.2. The van der Waals surface area contributed by atoms with Crippen molar-refractivity contribution in [3.63, 3.8) is 0 Å². The molecule has 1 nitrogen and oxygen atoms in total. The zero-order valence-corrected chi connectivity index (χ0v) is 21.8. The summed E-state index contributed by atoms with van der Waals surface area (Å²) in [7, 11) is 1.55. The summed E-state index contributed by atoms with van der Waals surface area (Å²) in [6.45, 7) is 2.01. The lowest BCUT2D eigenvalue weighted by Gasteiger charge is -2.52. The van der Waals surface area contributed by atoms with Gasteiger partial charge in [0.1, 0.15) is 41.4 Å². The number of quaternary nitrogens is 1. The first-order valence-corrected chi connectivity index (χ1v) is 12.9. The summed E-state index contributed by atoms with van der Waals surface area (Å²) in [6, 6.07) is 17.7. The molecule has 39 heavy (non-hydrogen) atoms. The van der Waals surface area contributed by atoms with Gasteiger partial charge in [-0.25, -0.2) is 26.3 Å². The maximum atomic E-state index is 16.0. The lowest BCUT2D eigenvalue weighted by atomic mass is 9.71. The predicted octanol–water partition coefficient (Wildman–Crippen LogP) is 8.65. The Balaban J connectivity index is 2.28. The van der Waals surface area contributed by atoms with Crippen LogP contribution in [0.15, 0.2) is 84.9 Å². The Bertz CT molecular complexity index is 1250. The summed E-state index contributed by atoms with van der Waals surface area (Å²) in [4.78, 5) is 0. The quantitative estimate of drug-likeness (QED) is 0.0814. The minimum absolute atomic E-state index is 0.0418. The fourth-order valence-electron chi connectivity index (χ4n) is 5.78. The van der Waals surface area contributed by atoms with E-state index >= 15 is 26.3 Å². The van der Waals surface area contributed by atoms with Gasteiger partial charge in [-0.05, 0) is 49.2 Å². The Labute approximate surface area is 224 Å². The molecule has 0 aliphatic rings. The highest BCUT2D eigenvalue weighted by Crippen LogP contribution is 2.52. The molecule has 1 unspecified atom stereocenters. The van der Waals surface area contributed by atoms with Gasteiger partial charge in [0.25, 0.3) is 0 Å². The normalized spacial score (nSPS) is 13.3. The molecule has 0 aliphatic carbocycles. The number of halogens is 6. The van der Waals surface area contributed by atoms with Crippen molar-refractivity contribution >= 4 is 0 Å². The molecule has 0 bridgehead atoms. The van der Waals surface area contributed by atoms with Crippen LogP contribution in [-0.4, -0.2) is 18.1 Å². The van der Waals surface area contributed by atoms with Crippen LogP contribution in [0.4, 0.5) is 26.3 Å². The molecule has 1 atom stereocenters. The number of unbranched alkanes of at least 4 members (excludes halogenated alkanes) is 2. The van der Waals surface area contributed by atoms with E-state index in [1.807, 2.05) is 6.92 Å². The van der Waals surface area contributed by atoms with Gasteiger partial charge < -0.3 is 4.48 Å². The van der Waals surface area contributed by atoms with Crippen LogP contribution in [0.1, 0.15) is 48.4 Å². The van der Waals surface area contributed by atoms with Crippen molar-refractivity contribution < 1.29 is 30.8 Å². The van der Waals surface area contributed by atoms with Crippen molar-refractivity contribution in [2.75, 3.05) is 13.6 Å². The van der Waals surface area contributed by atoms with Crippen molar-refractivity contribution in [1.29, 1.82) is 0 Å². The van der Waals surface area contributed by atoms with Gasteiger partial charge in [0.05, 0.1) is 30.3 Å². The van der Waals surface area contributed by atoms with Crippen LogP contribution in [0.25, 0.3) is 0 Å². The van der Waals surface area contributed by atoms with E-state index in [9.17, 15) is 0 Å². The summed E-state index contributed by atoms with van der Waals surface area (Å²) in [5.74, 6) is -7.04. The molecule has 0 saturated heterocycles. The average molecular weight is 543 g/mol. The number of nitrogens with zero attached hydrogens (tertiary/aromatic N) is 1. The molecule has 0 N–H and O–H groups in total. The highest BCUT2D eigenvalue weighted by Gasteiger charge is 2.60. The molecule has 0 saturated carbocycles. The van der Waals surface area contributed by atoms with Crippen LogP contribution >= 0.6 is 0 Å². The van der Waals surface area contributed by atoms with E-state index in [1.165, 1.54) is 0 Å². The molecule has 204 valence electrons. The lowest BCUT2D eigenvalue weighted by molar-refractivity contribution is -0.967. The smallest absolute Gasteiger partial charge is 0.193 e. The molecule has 7 heteroatoms. The standard InChI is InChI=1S/C32H30F6N/c1-3-4-8-20-39(2,21-22-12-6-5-7-13-22)32(29-23(33)14-9-15-24(29)34,30-25(35)16-10-17-26(30)36)31-27(37)18-11-19-28(31)38/h5-7,9-19H,3-4,8,20-21H2,1-2H3/q+1. The third-order valence-corrected chi connectivity index (χ3v) is 7.41. The number of rotatable bonds is 10. The maximum absolute atomic E-state index is 16.0. The monoisotopic (exact) mass is 542 g/mol. The maximum Gasteiger partial charge on any atom is 0.193 e. The fourth-order valence-corrected chi connectivity index (χ4v) is 5.78. The van der Waals surface area contributed by atoms with Crippen LogP contribution in [0.3, 0.4) is 0 Å². The zero-order chi connectivity index (χ0) is 28.2. The molecule has 4 aromatic carbocycles. The number of hydrogen-bond acceptors (Lipinski definition) is 0. The van der Waals surface area contributed by atoms with Gasteiger partial charge in [-0.2, -0.15) is 0 Å². The number of hydrogen-bond donors (Lipinski definition) is 0. The van der Waals surface area contributed by atoms with E-state index in [4.69, 9.17) is 0 Å². The van der Waals surface area contributed by atoms with E-state index in [0.29, 0.717) is 18.4 Å². The van der Waals surface area contributed by atoms with Crippen LogP contribution < -0.4 is 0 Å². The fraction of sp³-hybridized carbons (Fsp3) is 0.250. The summed E-state index contributed by atoms with van der Waals surface area (Å²) >= 11 is 0.